The van der Waals surface area contributed by atoms with E-state index in [1.807, 2.05) is 79.7 Å². The first-order valence-corrected chi connectivity index (χ1v) is 12.9. The third kappa shape index (κ3) is 5.71. The van der Waals surface area contributed by atoms with Gasteiger partial charge in [0.1, 0.15) is 16.5 Å². The quantitative estimate of drug-likeness (QED) is 0.237. The highest BCUT2D eigenvalue weighted by atomic mass is 32.1. The molecule has 8 heteroatoms. The number of hydrogen-bond donors (Lipinski definition) is 2. The van der Waals surface area contributed by atoms with Gasteiger partial charge >= 0.3 is 5.97 Å². The molecule has 0 fully saturated rings. The lowest BCUT2D eigenvalue weighted by atomic mass is 9.97. The lowest BCUT2D eigenvalue weighted by molar-refractivity contribution is -0.136. The third-order valence-electron chi connectivity index (χ3n) is 6.16. The van der Waals surface area contributed by atoms with Crippen LogP contribution in [0.5, 0.6) is 5.75 Å². The van der Waals surface area contributed by atoms with E-state index in [4.69, 9.17) is 19.9 Å². The van der Waals surface area contributed by atoms with E-state index in [0.29, 0.717) is 31.1 Å². The summed E-state index contributed by atoms with van der Waals surface area (Å²) in [6.07, 6.45) is 0.987. The number of oxazole rings is 1. The molecule has 0 amide bonds. The van der Waals surface area contributed by atoms with Gasteiger partial charge in [0.25, 0.3) is 0 Å². The highest BCUT2D eigenvalue weighted by Crippen LogP contribution is 2.32. The molecule has 0 saturated heterocycles. The summed E-state index contributed by atoms with van der Waals surface area (Å²) in [5.41, 5.74) is 11.1. The highest BCUT2D eigenvalue weighted by Gasteiger charge is 2.19. The van der Waals surface area contributed by atoms with Gasteiger partial charge in [0.2, 0.25) is 5.89 Å². The van der Waals surface area contributed by atoms with Crippen LogP contribution in [0.25, 0.3) is 21.7 Å². The number of hydrogen-bond acceptors (Lipinski definition) is 7. The second-order valence-corrected chi connectivity index (χ2v) is 9.80. The Morgan fingerprint density at radius 1 is 1.05 bits per heavy atom. The number of carbonyl (C=O) groups is 1. The van der Waals surface area contributed by atoms with Crippen LogP contribution in [-0.4, -0.2) is 27.7 Å². The first kappa shape index (κ1) is 24.7. The van der Waals surface area contributed by atoms with Crippen molar-refractivity contribution < 1.29 is 19.1 Å². The van der Waals surface area contributed by atoms with Crippen molar-refractivity contribution in [3.05, 3.63) is 100 Å². The number of para-hydroxylation sites is 1. The van der Waals surface area contributed by atoms with Crippen LogP contribution in [0.3, 0.4) is 0 Å². The number of carboxylic acids is 1. The first-order valence-electron chi connectivity index (χ1n) is 12.1. The second-order valence-electron chi connectivity index (χ2n) is 8.74. The van der Waals surface area contributed by atoms with Gasteiger partial charge in [-0.1, -0.05) is 36.4 Å². The van der Waals surface area contributed by atoms with E-state index >= 15 is 0 Å². The molecule has 0 radical (unpaired) electrons. The minimum absolute atomic E-state index is 0.0228. The zero-order chi connectivity index (χ0) is 25.8. The zero-order valence-electron chi connectivity index (χ0n) is 20.4. The summed E-state index contributed by atoms with van der Waals surface area (Å²) in [5, 5.41) is 9.99. The van der Waals surface area contributed by atoms with Crippen molar-refractivity contribution in [2.45, 2.75) is 32.2 Å². The Morgan fingerprint density at radius 2 is 1.84 bits per heavy atom. The smallest absolute Gasteiger partial charge is 0.303 e. The van der Waals surface area contributed by atoms with E-state index < -0.39 is 12.0 Å². The average Bonchev–Trinajstić information content (AvgIpc) is 3.51. The lowest BCUT2D eigenvalue weighted by Gasteiger charge is -2.16. The van der Waals surface area contributed by atoms with Gasteiger partial charge in [-0.05, 0) is 60.9 Å². The molecule has 1 atom stereocenters. The number of aliphatic carboxylic acids is 1. The molecule has 5 rings (SSSR count). The van der Waals surface area contributed by atoms with Crippen molar-refractivity contribution in [1.29, 1.82) is 0 Å². The van der Waals surface area contributed by atoms with Crippen LogP contribution < -0.4 is 10.5 Å². The molecule has 188 valence electrons. The maximum atomic E-state index is 11.2. The maximum absolute atomic E-state index is 11.2. The van der Waals surface area contributed by atoms with E-state index in [2.05, 4.69) is 4.98 Å². The fourth-order valence-electron chi connectivity index (χ4n) is 4.21. The number of nitrogens with zero attached hydrogens (tertiary/aromatic N) is 2. The summed E-state index contributed by atoms with van der Waals surface area (Å²) in [5.74, 6) is 1.18. The van der Waals surface area contributed by atoms with Gasteiger partial charge in [-0.25, -0.2) is 9.97 Å². The van der Waals surface area contributed by atoms with Crippen molar-refractivity contribution in [1.82, 2.24) is 9.97 Å². The van der Waals surface area contributed by atoms with Crippen LogP contribution in [0, 0.1) is 6.92 Å². The summed E-state index contributed by atoms with van der Waals surface area (Å²) >= 11 is 1.54. The zero-order valence-corrected chi connectivity index (χ0v) is 21.2. The summed E-state index contributed by atoms with van der Waals surface area (Å²) < 4.78 is 13.0. The minimum atomic E-state index is -0.849. The number of benzene rings is 3. The fraction of sp³-hybridized carbons (Fsp3) is 0.207. The lowest BCUT2D eigenvalue weighted by Crippen LogP contribution is -2.15. The van der Waals surface area contributed by atoms with Gasteiger partial charge in [-0.15, -0.1) is 11.3 Å². The largest absolute Gasteiger partial charge is 0.493 e. The van der Waals surface area contributed by atoms with E-state index in [1.165, 1.54) is 0 Å². The summed E-state index contributed by atoms with van der Waals surface area (Å²) in [4.78, 5) is 20.6. The molecule has 5 aromatic rings. The third-order valence-corrected chi connectivity index (χ3v) is 7.28. The summed E-state index contributed by atoms with van der Waals surface area (Å²) in [6.45, 7) is 2.31. The van der Waals surface area contributed by atoms with Gasteiger partial charge in [-0.3, -0.25) is 4.79 Å². The molecule has 0 aliphatic heterocycles. The molecule has 0 saturated carbocycles. The van der Waals surface area contributed by atoms with Crippen LogP contribution in [-0.2, 0) is 17.6 Å². The van der Waals surface area contributed by atoms with Crippen molar-refractivity contribution >= 4 is 27.5 Å². The Bertz CT molecular complexity index is 1490. The molecule has 2 aromatic heterocycles. The van der Waals surface area contributed by atoms with Crippen LogP contribution in [0.1, 0.15) is 40.1 Å². The second kappa shape index (κ2) is 10.9. The van der Waals surface area contributed by atoms with Gasteiger partial charge in [0, 0.05) is 18.4 Å². The molecule has 2 heterocycles. The highest BCUT2D eigenvalue weighted by molar-refractivity contribution is 7.18. The van der Waals surface area contributed by atoms with Gasteiger partial charge < -0.3 is 20.0 Å². The number of thiazole rings is 1. The van der Waals surface area contributed by atoms with E-state index in [1.54, 1.807) is 11.3 Å². The van der Waals surface area contributed by atoms with Gasteiger partial charge in [0.15, 0.2) is 0 Å². The van der Waals surface area contributed by atoms with Crippen molar-refractivity contribution in [2.24, 2.45) is 5.73 Å². The maximum Gasteiger partial charge on any atom is 0.303 e. The number of aromatic nitrogens is 2. The number of carboxylic acid groups (broad SMARTS) is 1. The Balaban J connectivity index is 1.33. The van der Waals surface area contributed by atoms with E-state index in [9.17, 15) is 9.90 Å². The number of rotatable bonds is 10. The van der Waals surface area contributed by atoms with Crippen molar-refractivity contribution in [3.63, 3.8) is 0 Å². The predicted octanol–water partition coefficient (Wildman–Crippen LogP) is 5.95. The number of fused-ring (bicyclic) bond motifs is 1. The number of ether oxygens (including phenoxy) is 1. The SMILES string of the molecule is Cc1oc(-c2ccccc2)nc1CCOc1ccc(CCC(=O)O)c(C(N)c2nc3ccccc3s2)c1. The molecular formula is C29H27N3O4S. The topological polar surface area (TPSA) is 111 Å². The standard InChI is InChI=1S/C29H27N3O4S/c1-18-23(31-28(36-18)20-7-3-2-4-8-20)15-16-35-21-13-11-19(12-14-26(33)34)22(17-21)27(30)29-32-24-9-5-6-10-25(24)37-29/h2-11,13,17,27H,12,14-16,30H2,1H3,(H,33,34). The Labute approximate surface area is 218 Å². The molecule has 0 spiro atoms. The van der Waals surface area contributed by atoms with Crippen molar-refractivity contribution in [3.8, 4) is 17.2 Å². The summed E-state index contributed by atoms with van der Waals surface area (Å²) in [6, 6.07) is 22.9. The molecule has 1 unspecified atom stereocenters. The van der Waals surface area contributed by atoms with Gasteiger partial charge in [-0.2, -0.15) is 0 Å². The summed E-state index contributed by atoms with van der Waals surface area (Å²) in [7, 11) is 0. The molecule has 7 nitrogen and oxygen atoms in total. The fourth-order valence-corrected chi connectivity index (χ4v) is 5.20. The van der Waals surface area contributed by atoms with Crippen LogP contribution in [0.2, 0.25) is 0 Å². The van der Waals surface area contributed by atoms with E-state index in [-0.39, 0.29) is 6.42 Å². The molecule has 3 aromatic carbocycles. The van der Waals surface area contributed by atoms with Gasteiger partial charge in [0.05, 0.1) is 28.6 Å². The normalized spacial score (nSPS) is 12.1. The molecule has 37 heavy (non-hydrogen) atoms. The predicted molar refractivity (Wildman–Crippen MR) is 144 cm³/mol. The van der Waals surface area contributed by atoms with Crippen LogP contribution in [0.15, 0.2) is 77.2 Å². The van der Waals surface area contributed by atoms with E-state index in [0.717, 1.165) is 43.4 Å². The Morgan fingerprint density at radius 3 is 2.62 bits per heavy atom. The van der Waals surface area contributed by atoms with Crippen molar-refractivity contribution in [2.75, 3.05) is 6.61 Å². The Hall–Kier alpha value is -4.01. The molecule has 0 bridgehead atoms. The molecule has 3 N–H and O–H groups in total. The van der Waals surface area contributed by atoms with Crippen LogP contribution >= 0.6 is 11.3 Å². The Kier molecular flexibility index (Phi) is 7.30. The molecule has 0 aliphatic carbocycles. The number of nitrogens with two attached hydrogens (primary N) is 1. The number of aryl methyl sites for hydroxylation is 2. The minimum Gasteiger partial charge on any atom is -0.493 e. The molecule has 0 aliphatic rings. The van der Waals surface area contributed by atoms with Crippen LogP contribution in [0.4, 0.5) is 0 Å². The first-order chi connectivity index (χ1) is 18.0. The molecular weight excluding hydrogens is 486 g/mol. The average molecular weight is 514 g/mol. The monoisotopic (exact) mass is 513 g/mol.